The zero-order valence-electron chi connectivity index (χ0n) is 10.8. The Morgan fingerprint density at radius 2 is 2.11 bits per heavy atom. The van der Waals surface area contributed by atoms with Crippen molar-refractivity contribution in [1.29, 1.82) is 0 Å². The molecule has 0 heterocycles. The lowest BCUT2D eigenvalue weighted by molar-refractivity contribution is -0.119. The fourth-order valence-electron chi connectivity index (χ4n) is 1.44. The van der Waals surface area contributed by atoms with E-state index in [-0.39, 0.29) is 11.7 Å². The Morgan fingerprint density at radius 3 is 2.63 bits per heavy atom. The number of amides is 1. The Hall–Kier alpha value is -1.63. The summed E-state index contributed by atoms with van der Waals surface area (Å²) < 4.78 is 37.3. The quantitative estimate of drug-likeness (QED) is 0.794. The number of rotatable bonds is 5. The van der Waals surface area contributed by atoms with E-state index in [2.05, 4.69) is 5.32 Å². The van der Waals surface area contributed by atoms with Crippen molar-refractivity contribution in [2.45, 2.75) is 31.2 Å². The van der Waals surface area contributed by atoms with E-state index >= 15 is 0 Å². The van der Waals surface area contributed by atoms with Crippen molar-refractivity contribution in [3.63, 3.8) is 0 Å². The second-order valence-electron chi connectivity index (χ2n) is 4.33. The van der Waals surface area contributed by atoms with Crippen LogP contribution in [0.4, 0.5) is 10.1 Å². The van der Waals surface area contributed by atoms with Gasteiger partial charge in [-0.05, 0) is 31.5 Å². The number of halogens is 1. The van der Waals surface area contributed by atoms with Crippen LogP contribution in [0.25, 0.3) is 0 Å². The Labute approximate surface area is 111 Å². The zero-order valence-corrected chi connectivity index (χ0v) is 11.6. The number of carbonyl (C=O) groups is 1. The van der Waals surface area contributed by atoms with Gasteiger partial charge in [-0.25, -0.2) is 12.8 Å². The Kier molecular flexibility index (Phi) is 4.88. The van der Waals surface area contributed by atoms with E-state index in [4.69, 9.17) is 5.73 Å². The molecule has 0 bridgehead atoms. The predicted molar refractivity (Wildman–Crippen MR) is 70.8 cm³/mol. The van der Waals surface area contributed by atoms with Crippen molar-refractivity contribution in [2.24, 2.45) is 0 Å². The fourth-order valence-corrected chi connectivity index (χ4v) is 2.65. The monoisotopic (exact) mass is 288 g/mol. The third-order valence-corrected chi connectivity index (χ3v) is 4.28. The smallest absolute Gasteiger partial charge is 0.235 e. The number of benzene rings is 1. The first-order valence-electron chi connectivity index (χ1n) is 5.83. The second kappa shape index (κ2) is 6.01. The summed E-state index contributed by atoms with van der Waals surface area (Å²) in [5.41, 5.74) is 5.47. The Balaban J connectivity index is 2.90. The van der Waals surface area contributed by atoms with E-state index < -0.39 is 32.2 Å². The lowest BCUT2D eigenvalue weighted by Gasteiger charge is -2.11. The van der Waals surface area contributed by atoms with E-state index in [0.29, 0.717) is 6.42 Å². The summed E-state index contributed by atoms with van der Waals surface area (Å²) in [7, 11) is -4.00. The number of nitrogens with one attached hydrogen (secondary N) is 1. The number of hydrogen-bond donors (Lipinski definition) is 2. The average molecular weight is 288 g/mol. The number of carbonyl (C=O) groups excluding carboxylic acids is 1. The third-order valence-electron chi connectivity index (χ3n) is 2.63. The van der Waals surface area contributed by atoms with E-state index in [1.54, 1.807) is 6.92 Å². The van der Waals surface area contributed by atoms with Crippen LogP contribution in [0.1, 0.15) is 20.3 Å². The molecule has 1 amide bonds. The lowest BCUT2D eigenvalue weighted by Crippen LogP contribution is -2.36. The van der Waals surface area contributed by atoms with E-state index in [1.807, 2.05) is 6.92 Å². The van der Waals surface area contributed by atoms with Crippen LogP contribution in [0.3, 0.4) is 0 Å². The van der Waals surface area contributed by atoms with Crippen LogP contribution >= 0.6 is 0 Å². The van der Waals surface area contributed by atoms with Gasteiger partial charge in [0.15, 0.2) is 9.84 Å². The molecule has 0 saturated carbocycles. The molecule has 0 saturated heterocycles. The van der Waals surface area contributed by atoms with Gasteiger partial charge in [0.25, 0.3) is 0 Å². The van der Waals surface area contributed by atoms with Crippen molar-refractivity contribution in [3.8, 4) is 0 Å². The first-order chi connectivity index (χ1) is 8.76. The Morgan fingerprint density at radius 1 is 1.47 bits per heavy atom. The molecule has 1 aromatic rings. The number of sulfone groups is 1. The van der Waals surface area contributed by atoms with Gasteiger partial charge in [-0.1, -0.05) is 6.92 Å². The number of anilines is 1. The van der Waals surface area contributed by atoms with Gasteiger partial charge in [0, 0.05) is 11.7 Å². The summed E-state index contributed by atoms with van der Waals surface area (Å²) >= 11 is 0. The molecule has 1 rings (SSSR count). The average Bonchev–Trinajstić information content (AvgIpc) is 2.26. The van der Waals surface area contributed by atoms with Crippen molar-refractivity contribution < 1.29 is 17.6 Å². The van der Waals surface area contributed by atoms with E-state index in [9.17, 15) is 17.6 Å². The van der Waals surface area contributed by atoms with Crippen molar-refractivity contribution >= 4 is 21.4 Å². The molecule has 0 aliphatic carbocycles. The van der Waals surface area contributed by atoms with Gasteiger partial charge in [-0.3, -0.25) is 4.79 Å². The SMILES string of the molecule is CCC(C)NC(=O)CS(=O)(=O)c1ccc(N)cc1F. The van der Waals surface area contributed by atoms with Crippen LogP contribution in [0.15, 0.2) is 23.1 Å². The topological polar surface area (TPSA) is 89.3 Å². The molecule has 0 radical (unpaired) electrons. The molecule has 3 N–H and O–H groups in total. The van der Waals surface area contributed by atoms with Crippen LogP contribution in [0, 0.1) is 5.82 Å². The third kappa shape index (κ3) is 4.20. The standard InChI is InChI=1S/C12H17FN2O3S/c1-3-8(2)15-12(16)7-19(17,18)11-5-4-9(14)6-10(11)13/h4-6,8H,3,7,14H2,1-2H3,(H,15,16). The van der Waals surface area contributed by atoms with Crippen LogP contribution in [-0.4, -0.2) is 26.1 Å². The molecule has 106 valence electrons. The molecule has 0 fully saturated rings. The molecule has 0 aliphatic rings. The summed E-state index contributed by atoms with van der Waals surface area (Å²) in [6.07, 6.45) is 0.683. The maximum absolute atomic E-state index is 13.5. The summed E-state index contributed by atoms with van der Waals surface area (Å²) in [4.78, 5) is 11.0. The van der Waals surface area contributed by atoms with Gasteiger partial charge in [0.1, 0.15) is 16.5 Å². The molecule has 0 spiro atoms. The highest BCUT2D eigenvalue weighted by Gasteiger charge is 2.23. The molecular weight excluding hydrogens is 271 g/mol. The summed E-state index contributed by atoms with van der Waals surface area (Å²) in [6.45, 7) is 3.62. The molecular formula is C12H17FN2O3S. The summed E-state index contributed by atoms with van der Waals surface area (Å²) in [5.74, 6) is -2.38. The fraction of sp³-hybridized carbons (Fsp3) is 0.417. The molecule has 0 aromatic heterocycles. The summed E-state index contributed by atoms with van der Waals surface area (Å²) in [6, 6.07) is 3.14. The highest BCUT2D eigenvalue weighted by atomic mass is 32.2. The molecule has 1 atom stereocenters. The summed E-state index contributed by atoms with van der Waals surface area (Å²) in [5, 5.41) is 2.52. The van der Waals surface area contributed by atoms with Crippen LogP contribution in [0.5, 0.6) is 0 Å². The minimum absolute atomic E-state index is 0.125. The number of nitrogen functional groups attached to an aromatic ring is 1. The minimum atomic E-state index is -4.00. The maximum Gasteiger partial charge on any atom is 0.235 e. The maximum atomic E-state index is 13.5. The first kappa shape index (κ1) is 15.4. The van der Waals surface area contributed by atoms with Crippen LogP contribution < -0.4 is 11.1 Å². The van der Waals surface area contributed by atoms with E-state index in [0.717, 1.165) is 12.1 Å². The molecule has 7 heteroatoms. The molecule has 0 aliphatic heterocycles. The molecule has 19 heavy (non-hydrogen) atoms. The molecule has 1 aromatic carbocycles. The second-order valence-corrected chi connectivity index (χ2v) is 6.28. The van der Waals surface area contributed by atoms with Gasteiger partial charge < -0.3 is 11.1 Å². The first-order valence-corrected chi connectivity index (χ1v) is 7.48. The van der Waals surface area contributed by atoms with Gasteiger partial charge in [-0.2, -0.15) is 0 Å². The van der Waals surface area contributed by atoms with Gasteiger partial charge in [-0.15, -0.1) is 0 Å². The predicted octanol–water partition coefficient (Wildman–Crippen LogP) is 1.10. The zero-order chi connectivity index (χ0) is 14.6. The van der Waals surface area contributed by atoms with Crippen molar-refractivity contribution in [3.05, 3.63) is 24.0 Å². The minimum Gasteiger partial charge on any atom is -0.399 e. The highest BCUT2D eigenvalue weighted by molar-refractivity contribution is 7.92. The largest absolute Gasteiger partial charge is 0.399 e. The van der Waals surface area contributed by atoms with Gasteiger partial charge >= 0.3 is 0 Å². The lowest BCUT2D eigenvalue weighted by atomic mass is 10.3. The van der Waals surface area contributed by atoms with Crippen LogP contribution in [-0.2, 0) is 14.6 Å². The number of hydrogen-bond acceptors (Lipinski definition) is 4. The molecule has 1 unspecified atom stereocenters. The normalized spacial score (nSPS) is 13.0. The van der Waals surface area contributed by atoms with Crippen molar-refractivity contribution in [2.75, 3.05) is 11.5 Å². The van der Waals surface area contributed by atoms with E-state index in [1.165, 1.54) is 6.07 Å². The highest BCUT2D eigenvalue weighted by Crippen LogP contribution is 2.18. The Bertz CT molecular complexity index is 572. The molecule has 5 nitrogen and oxygen atoms in total. The van der Waals surface area contributed by atoms with Crippen LogP contribution in [0.2, 0.25) is 0 Å². The number of nitrogens with two attached hydrogens (primary N) is 1. The van der Waals surface area contributed by atoms with Gasteiger partial charge in [0.05, 0.1) is 0 Å². The van der Waals surface area contributed by atoms with Crippen molar-refractivity contribution in [1.82, 2.24) is 5.32 Å². The van der Waals surface area contributed by atoms with Gasteiger partial charge in [0.2, 0.25) is 5.91 Å².